The van der Waals surface area contributed by atoms with E-state index in [1.54, 1.807) is 0 Å². The summed E-state index contributed by atoms with van der Waals surface area (Å²) >= 11 is 6.05. The molecule has 1 aromatic heterocycles. The van der Waals surface area contributed by atoms with Gasteiger partial charge < -0.3 is 5.32 Å². The van der Waals surface area contributed by atoms with Crippen molar-refractivity contribution in [3.8, 4) is 0 Å². The van der Waals surface area contributed by atoms with Crippen LogP contribution in [0.3, 0.4) is 0 Å². The van der Waals surface area contributed by atoms with E-state index in [2.05, 4.69) is 54.6 Å². The standard InChI is InChI=1S/C12H20N2S3/c1-4-13-5-10-6-14-12(17-10)11-7-15-8(2)9(3)16-11/h6,8-9,11,13H,4-5,7H2,1-3H3. The molecule has 1 aliphatic rings. The Hall–Kier alpha value is 0.290. The molecule has 0 aromatic carbocycles. The molecule has 0 spiro atoms. The first-order valence-electron chi connectivity index (χ1n) is 6.13. The van der Waals surface area contributed by atoms with Gasteiger partial charge in [0.05, 0.1) is 5.25 Å². The Labute approximate surface area is 116 Å². The Morgan fingerprint density at radius 1 is 1.41 bits per heavy atom. The maximum absolute atomic E-state index is 4.60. The predicted octanol–water partition coefficient (Wildman–Crippen LogP) is 3.55. The first-order chi connectivity index (χ1) is 8.20. The van der Waals surface area contributed by atoms with E-state index in [4.69, 9.17) is 0 Å². The topological polar surface area (TPSA) is 24.9 Å². The van der Waals surface area contributed by atoms with Crippen molar-refractivity contribution < 1.29 is 0 Å². The summed E-state index contributed by atoms with van der Waals surface area (Å²) in [6.07, 6.45) is 2.04. The SMILES string of the molecule is CCNCc1cnc(C2CSC(C)C(C)S2)s1. The van der Waals surface area contributed by atoms with Crippen molar-refractivity contribution in [2.75, 3.05) is 12.3 Å². The summed E-state index contributed by atoms with van der Waals surface area (Å²) in [5.74, 6) is 1.21. The molecule has 1 aromatic rings. The molecule has 96 valence electrons. The summed E-state index contributed by atoms with van der Waals surface area (Å²) in [5.41, 5.74) is 0. The van der Waals surface area contributed by atoms with Gasteiger partial charge in [-0.2, -0.15) is 11.8 Å². The number of nitrogens with one attached hydrogen (secondary N) is 1. The maximum Gasteiger partial charge on any atom is 0.107 e. The number of rotatable bonds is 4. The number of hydrogen-bond acceptors (Lipinski definition) is 5. The van der Waals surface area contributed by atoms with Crippen molar-refractivity contribution in [3.05, 3.63) is 16.1 Å². The minimum absolute atomic E-state index is 0.603. The molecule has 5 heteroatoms. The fourth-order valence-corrected chi connectivity index (χ4v) is 5.80. The van der Waals surface area contributed by atoms with E-state index in [-0.39, 0.29) is 0 Å². The number of hydrogen-bond donors (Lipinski definition) is 1. The Bertz CT molecular complexity index is 353. The summed E-state index contributed by atoms with van der Waals surface area (Å²) in [6.45, 7) is 8.79. The lowest BCUT2D eigenvalue weighted by Gasteiger charge is -2.30. The van der Waals surface area contributed by atoms with Crippen LogP contribution in [0.4, 0.5) is 0 Å². The Morgan fingerprint density at radius 2 is 2.24 bits per heavy atom. The highest BCUT2D eigenvalue weighted by molar-refractivity contribution is 8.07. The van der Waals surface area contributed by atoms with E-state index in [0.717, 1.165) is 23.6 Å². The number of thioether (sulfide) groups is 2. The molecule has 3 atom stereocenters. The van der Waals surface area contributed by atoms with Crippen LogP contribution in [0.15, 0.2) is 6.20 Å². The highest BCUT2D eigenvalue weighted by Crippen LogP contribution is 2.45. The van der Waals surface area contributed by atoms with Gasteiger partial charge in [-0.25, -0.2) is 4.98 Å². The third-order valence-electron chi connectivity index (χ3n) is 2.95. The largest absolute Gasteiger partial charge is 0.312 e. The quantitative estimate of drug-likeness (QED) is 0.916. The van der Waals surface area contributed by atoms with Gasteiger partial charge in [-0.1, -0.05) is 20.8 Å². The molecule has 1 saturated heterocycles. The molecule has 1 fully saturated rings. The molecular formula is C12H20N2S3. The lowest BCUT2D eigenvalue weighted by atomic mass is 10.4. The molecular weight excluding hydrogens is 268 g/mol. The van der Waals surface area contributed by atoms with Gasteiger partial charge in [-0.3, -0.25) is 0 Å². The maximum atomic E-state index is 4.60. The Morgan fingerprint density at radius 3 is 2.94 bits per heavy atom. The van der Waals surface area contributed by atoms with Crippen LogP contribution in [-0.4, -0.2) is 27.8 Å². The monoisotopic (exact) mass is 288 g/mol. The fraction of sp³-hybridized carbons (Fsp3) is 0.750. The van der Waals surface area contributed by atoms with Crippen molar-refractivity contribution in [2.45, 2.75) is 43.1 Å². The van der Waals surface area contributed by atoms with Crippen molar-refractivity contribution in [1.82, 2.24) is 10.3 Å². The molecule has 1 aliphatic heterocycles. The van der Waals surface area contributed by atoms with E-state index in [9.17, 15) is 0 Å². The van der Waals surface area contributed by atoms with E-state index in [1.165, 1.54) is 15.6 Å². The molecule has 2 nitrogen and oxygen atoms in total. The normalized spacial score (nSPS) is 29.5. The van der Waals surface area contributed by atoms with Gasteiger partial charge in [0, 0.05) is 33.9 Å². The van der Waals surface area contributed by atoms with Crippen molar-refractivity contribution in [2.24, 2.45) is 0 Å². The van der Waals surface area contributed by atoms with Crippen LogP contribution in [0.5, 0.6) is 0 Å². The third kappa shape index (κ3) is 3.63. The number of nitrogens with zero attached hydrogens (tertiary/aromatic N) is 1. The van der Waals surface area contributed by atoms with Crippen molar-refractivity contribution in [3.63, 3.8) is 0 Å². The zero-order valence-corrected chi connectivity index (χ0v) is 13.1. The van der Waals surface area contributed by atoms with Crippen LogP contribution in [0.1, 0.15) is 35.9 Å². The molecule has 17 heavy (non-hydrogen) atoms. The summed E-state index contributed by atoms with van der Waals surface area (Å²) in [6, 6.07) is 0. The first-order valence-corrected chi connectivity index (χ1v) is 8.94. The molecule has 2 heterocycles. The van der Waals surface area contributed by atoms with E-state index in [1.807, 2.05) is 17.5 Å². The second-order valence-corrected chi connectivity index (χ2v) is 8.46. The summed E-state index contributed by atoms with van der Waals surface area (Å²) < 4.78 is 0. The van der Waals surface area contributed by atoms with Crippen LogP contribution >= 0.6 is 34.9 Å². The first kappa shape index (κ1) is 13.7. The molecule has 0 saturated carbocycles. The third-order valence-corrected chi connectivity index (χ3v) is 7.61. The van der Waals surface area contributed by atoms with Gasteiger partial charge >= 0.3 is 0 Å². The Balaban J connectivity index is 1.95. The van der Waals surface area contributed by atoms with Gasteiger partial charge in [0.15, 0.2) is 0 Å². The molecule has 1 N–H and O–H groups in total. The smallest absolute Gasteiger partial charge is 0.107 e. The predicted molar refractivity (Wildman–Crippen MR) is 81.2 cm³/mol. The average molecular weight is 289 g/mol. The zero-order valence-electron chi connectivity index (χ0n) is 10.6. The Kier molecular flexibility index (Phi) is 5.21. The fourth-order valence-electron chi connectivity index (χ4n) is 1.71. The van der Waals surface area contributed by atoms with Crippen molar-refractivity contribution >= 4 is 34.9 Å². The van der Waals surface area contributed by atoms with Crippen molar-refractivity contribution in [1.29, 1.82) is 0 Å². The van der Waals surface area contributed by atoms with Crippen LogP contribution in [-0.2, 0) is 6.54 Å². The summed E-state index contributed by atoms with van der Waals surface area (Å²) in [7, 11) is 0. The van der Waals surface area contributed by atoms with Gasteiger partial charge in [0.2, 0.25) is 0 Å². The van der Waals surface area contributed by atoms with E-state index in [0.29, 0.717) is 5.25 Å². The highest BCUT2D eigenvalue weighted by atomic mass is 32.2. The molecule has 0 amide bonds. The zero-order chi connectivity index (χ0) is 12.3. The molecule has 0 bridgehead atoms. The van der Waals surface area contributed by atoms with Crippen LogP contribution < -0.4 is 5.32 Å². The molecule has 3 unspecified atom stereocenters. The number of thiazole rings is 1. The van der Waals surface area contributed by atoms with Crippen LogP contribution in [0, 0.1) is 0 Å². The van der Waals surface area contributed by atoms with Gasteiger partial charge in [0.25, 0.3) is 0 Å². The van der Waals surface area contributed by atoms with E-state index >= 15 is 0 Å². The second-order valence-electron chi connectivity index (χ2n) is 4.31. The van der Waals surface area contributed by atoms with E-state index < -0.39 is 0 Å². The van der Waals surface area contributed by atoms with Gasteiger partial charge in [-0.15, -0.1) is 23.1 Å². The van der Waals surface area contributed by atoms with Gasteiger partial charge in [0.1, 0.15) is 5.01 Å². The van der Waals surface area contributed by atoms with Gasteiger partial charge in [-0.05, 0) is 6.54 Å². The summed E-state index contributed by atoms with van der Waals surface area (Å²) in [4.78, 5) is 5.96. The lowest BCUT2D eigenvalue weighted by Crippen LogP contribution is -2.21. The minimum atomic E-state index is 0.603. The lowest BCUT2D eigenvalue weighted by molar-refractivity contribution is 0.734. The molecule has 0 aliphatic carbocycles. The number of aromatic nitrogens is 1. The summed E-state index contributed by atoms with van der Waals surface area (Å²) in [5, 5.41) is 6.78. The van der Waals surface area contributed by atoms with Crippen LogP contribution in [0.2, 0.25) is 0 Å². The average Bonchev–Trinajstić information content (AvgIpc) is 2.79. The minimum Gasteiger partial charge on any atom is -0.312 e. The highest BCUT2D eigenvalue weighted by Gasteiger charge is 2.28. The molecule has 0 radical (unpaired) electrons. The van der Waals surface area contributed by atoms with Crippen LogP contribution in [0.25, 0.3) is 0 Å². The molecule has 2 rings (SSSR count). The second kappa shape index (κ2) is 6.45.